The summed E-state index contributed by atoms with van der Waals surface area (Å²) < 4.78 is 6.29. The molecule has 164 valence electrons. The number of ether oxygens (including phenoxy) is 1. The molecule has 5 fully saturated rings. The molecule has 0 amide bonds. The van der Waals surface area contributed by atoms with E-state index in [9.17, 15) is 0 Å². The third kappa shape index (κ3) is 2.68. The van der Waals surface area contributed by atoms with E-state index < -0.39 is 0 Å². The van der Waals surface area contributed by atoms with Gasteiger partial charge in [-0.2, -0.15) is 0 Å². The van der Waals surface area contributed by atoms with E-state index in [1.165, 1.54) is 69.8 Å². The molecule has 29 heavy (non-hydrogen) atoms. The van der Waals surface area contributed by atoms with E-state index in [0.717, 1.165) is 35.5 Å². The van der Waals surface area contributed by atoms with Gasteiger partial charge in [0.05, 0.1) is 6.10 Å². The van der Waals surface area contributed by atoms with E-state index in [0.29, 0.717) is 22.3 Å². The number of methoxy groups -OCH3 is 1. The molecule has 0 radical (unpaired) electrons. The van der Waals surface area contributed by atoms with Gasteiger partial charge in [-0.15, -0.1) is 0 Å². The predicted molar refractivity (Wildman–Crippen MR) is 122 cm³/mol. The zero-order chi connectivity index (χ0) is 20.6. The number of allylic oxidation sites excluding steroid dienone is 2. The fourth-order valence-electron chi connectivity index (χ4n) is 10.4. The Morgan fingerprint density at radius 1 is 1.07 bits per heavy atom. The van der Waals surface area contributed by atoms with Crippen LogP contribution in [-0.2, 0) is 4.74 Å². The van der Waals surface area contributed by atoms with Crippen LogP contribution in [0.3, 0.4) is 0 Å². The molecule has 0 bridgehead atoms. The third-order valence-corrected chi connectivity index (χ3v) is 11.8. The molecule has 1 spiro atoms. The Bertz CT molecular complexity index is 676. The first kappa shape index (κ1) is 20.6. The first-order chi connectivity index (χ1) is 13.8. The standard InChI is InChI=1S/C28H46O/c1-18(2)8-7-9-19(3)22-10-11-23-21-16-25(29-6)28-17-20(28)12-15-27(28,5)24(21)13-14-26(22,23)4/h8,19-25H,7,9-17H2,1-6H3/t19-,20+,21?,22?,23?,24?,25-,26-,27-,28?/m1/s1. The van der Waals surface area contributed by atoms with Crippen LogP contribution >= 0.6 is 0 Å². The summed E-state index contributed by atoms with van der Waals surface area (Å²) in [6.45, 7) is 12.5. The summed E-state index contributed by atoms with van der Waals surface area (Å²) in [4.78, 5) is 0. The summed E-state index contributed by atoms with van der Waals surface area (Å²) in [5, 5.41) is 0. The lowest BCUT2D eigenvalue weighted by Gasteiger charge is -2.61. The van der Waals surface area contributed by atoms with Gasteiger partial charge in [0.25, 0.3) is 0 Å². The van der Waals surface area contributed by atoms with Crippen molar-refractivity contribution in [1.82, 2.24) is 0 Å². The number of rotatable bonds is 5. The van der Waals surface area contributed by atoms with Crippen LogP contribution in [0.4, 0.5) is 0 Å². The van der Waals surface area contributed by atoms with Crippen molar-refractivity contribution < 1.29 is 4.74 Å². The highest BCUT2D eigenvalue weighted by Crippen LogP contribution is 2.82. The van der Waals surface area contributed by atoms with Crippen LogP contribution in [0, 0.1) is 51.8 Å². The van der Waals surface area contributed by atoms with Gasteiger partial charge in [0.15, 0.2) is 0 Å². The van der Waals surface area contributed by atoms with Crippen LogP contribution in [-0.4, -0.2) is 13.2 Å². The van der Waals surface area contributed by atoms with Crippen molar-refractivity contribution in [3.8, 4) is 0 Å². The van der Waals surface area contributed by atoms with Gasteiger partial charge < -0.3 is 4.74 Å². The van der Waals surface area contributed by atoms with Gasteiger partial charge in [0.2, 0.25) is 0 Å². The Morgan fingerprint density at radius 2 is 1.86 bits per heavy atom. The molecule has 5 saturated carbocycles. The molecule has 5 rings (SSSR count). The second-order valence-electron chi connectivity index (χ2n) is 12.8. The molecule has 0 aromatic rings. The van der Waals surface area contributed by atoms with Gasteiger partial charge in [-0.3, -0.25) is 0 Å². The topological polar surface area (TPSA) is 9.23 Å². The lowest BCUT2D eigenvalue weighted by molar-refractivity contribution is -0.161. The lowest BCUT2D eigenvalue weighted by Crippen LogP contribution is -2.57. The van der Waals surface area contributed by atoms with E-state index in [1.807, 2.05) is 7.11 Å². The van der Waals surface area contributed by atoms with Crippen molar-refractivity contribution in [1.29, 1.82) is 0 Å². The van der Waals surface area contributed by atoms with Crippen LogP contribution in [0.5, 0.6) is 0 Å². The quantitative estimate of drug-likeness (QED) is 0.432. The number of hydrogen-bond donors (Lipinski definition) is 0. The van der Waals surface area contributed by atoms with Gasteiger partial charge in [0.1, 0.15) is 0 Å². The van der Waals surface area contributed by atoms with E-state index >= 15 is 0 Å². The molecule has 5 unspecified atom stereocenters. The average molecular weight is 399 g/mol. The zero-order valence-electron chi connectivity index (χ0n) is 20.1. The number of hydrogen-bond acceptors (Lipinski definition) is 1. The molecule has 5 aliphatic carbocycles. The summed E-state index contributed by atoms with van der Waals surface area (Å²) in [5.74, 6) is 5.70. The molecular weight excluding hydrogens is 352 g/mol. The maximum Gasteiger partial charge on any atom is 0.0638 e. The second-order valence-corrected chi connectivity index (χ2v) is 12.8. The van der Waals surface area contributed by atoms with Crippen molar-refractivity contribution in [2.45, 2.75) is 105 Å². The minimum atomic E-state index is 0.553. The molecule has 1 nitrogen and oxygen atoms in total. The highest BCUT2D eigenvalue weighted by molar-refractivity contribution is 5.26. The number of fused-ring (bicyclic) bond motifs is 4. The molecule has 0 aromatic carbocycles. The summed E-state index contributed by atoms with van der Waals surface area (Å²) in [6, 6.07) is 0. The summed E-state index contributed by atoms with van der Waals surface area (Å²) in [5.41, 5.74) is 3.23. The molecule has 0 aromatic heterocycles. The zero-order valence-corrected chi connectivity index (χ0v) is 20.1. The summed E-state index contributed by atoms with van der Waals surface area (Å²) >= 11 is 0. The molecule has 1 heteroatoms. The van der Waals surface area contributed by atoms with E-state index in [2.05, 4.69) is 40.7 Å². The Kier molecular flexibility index (Phi) is 4.86. The average Bonchev–Trinajstić information content (AvgIpc) is 3.18. The van der Waals surface area contributed by atoms with Crippen LogP contribution < -0.4 is 0 Å². The Morgan fingerprint density at radius 3 is 2.55 bits per heavy atom. The SMILES string of the molecule is CO[C@@H]1CC2C3CCC([C@H](C)CCC=C(C)C)[C@@]3(C)CCC2[C@@]2(C)CC[C@H]3CC312. The van der Waals surface area contributed by atoms with Crippen LogP contribution in [0.2, 0.25) is 0 Å². The van der Waals surface area contributed by atoms with Crippen LogP contribution in [0.1, 0.15) is 98.8 Å². The van der Waals surface area contributed by atoms with Gasteiger partial charge in [-0.1, -0.05) is 32.4 Å². The smallest absolute Gasteiger partial charge is 0.0638 e. The van der Waals surface area contributed by atoms with Gasteiger partial charge >= 0.3 is 0 Å². The third-order valence-electron chi connectivity index (χ3n) is 11.8. The monoisotopic (exact) mass is 398 g/mol. The Balaban J connectivity index is 1.37. The normalized spacial score (nSPS) is 53.4. The van der Waals surface area contributed by atoms with Crippen LogP contribution in [0.15, 0.2) is 11.6 Å². The lowest BCUT2D eigenvalue weighted by atomic mass is 9.45. The second kappa shape index (κ2) is 6.85. The highest BCUT2D eigenvalue weighted by atomic mass is 16.5. The minimum Gasteiger partial charge on any atom is -0.381 e. The van der Waals surface area contributed by atoms with E-state index in [-0.39, 0.29) is 0 Å². The Labute approximate surface area is 180 Å². The van der Waals surface area contributed by atoms with Crippen molar-refractivity contribution in [2.75, 3.05) is 7.11 Å². The van der Waals surface area contributed by atoms with E-state index in [1.54, 1.807) is 0 Å². The molecule has 0 N–H and O–H groups in total. The summed E-state index contributed by atoms with van der Waals surface area (Å²) in [7, 11) is 2.03. The van der Waals surface area contributed by atoms with Crippen molar-refractivity contribution in [2.24, 2.45) is 51.8 Å². The minimum absolute atomic E-state index is 0.553. The first-order valence-electron chi connectivity index (χ1n) is 12.9. The molecule has 10 atom stereocenters. The first-order valence-corrected chi connectivity index (χ1v) is 12.9. The van der Waals surface area contributed by atoms with Gasteiger partial charge in [-0.05, 0) is 124 Å². The Hall–Kier alpha value is -0.300. The van der Waals surface area contributed by atoms with Gasteiger partial charge in [0, 0.05) is 12.5 Å². The van der Waals surface area contributed by atoms with Crippen LogP contribution in [0.25, 0.3) is 0 Å². The molecule has 0 aliphatic heterocycles. The fraction of sp³-hybridized carbons (Fsp3) is 0.929. The van der Waals surface area contributed by atoms with Crippen molar-refractivity contribution >= 4 is 0 Å². The van der Waals surface area contributed by atoms with Crippen molar-refractivity contribution in [3.63, 3.8) is 0 Å². The molecular formula is C28H46O. The largest absolute Gasteiger partial charge is 0.381 e. The fourth-order valence-corrected chi connectivity index (χ4v) is 10.4. The maximum absolute atomic E-state index is 6.29. The molecule has 0 heterocycles. The van der Waals surface area contributed by atoms with Gasteiger partial charge in [-0.25, -0.2) is 0 Å². The highest BCUT2D eigenvalue weighted by Gasteiger charge is 2.77. The summed E-state index contributed by atoms with van der Waals surface area (Å²) in [6.07, 6.45) is 17.5. The molecule has 5 aliphatic rings. The predicted octanol–water partition coefficient (Wildman–Crippen LogP) is 7.65. The molecule has 0 saturated heterocycles. The van der Waals surface area contributed by atoms with E-state index in [4.69, 9.17) is 4.74 Å². The maximum atomic E-state index is 6.29. The van der Waals surface area contributed by atoms with Crippen molar-refractivity contribution in [3.05, 3.63) is 11.6 Å².